The molecular formula is C22H33FO2. The number of fused-ring (bicyclic) bond motifs is 5. The molecule has 0 heterocycles. The molecule has 140 valence electrons. The molecule has 0 spiro atoms. The monoisotopic (exact) mass is 348 g/mol. The third-order valence-electron chi connectivity index (χ3n) is 8.92. The quantitative estimate of drug-likeness (QED) is 0.742. The Morgan fingerprint density at radius 1 is 1.16 bits per heavy atom. The van der Waals surface area contributed by atoms with Gasteiger partial charge in [0.2, 0.25) is 0 Å². The molecule has 3 heteroatoms. The van der Waals surface area contributed by atoms with E-state index in [1.807, 2.05) is 0 Å². The molecule has 4 saturated carbocycles. The van der Waals surface area contributed by atoms with Crippen LogP contribution in [0.1, 0.15) is 64.7 Å². The molecule has 2 nitrogen and oxygen atoms in total. The first-order valence-corrected chi connectivity index (χ1v) is 10.4. The van der Waals surface area contributed by atoms with Gasteiger partial charge < -0.3 is 10.2 Å². The summed E-state index contributed by atoms with van der Waals surface area (Å²) in [7, 11) is 0. The van der Waals surface area contributed by atoms with Gasteiger partial charge in [-0.1, -0.05) is 12.8 Å². The third-order valence-corrected chi connectivity index (χ3v) is 8.92. The first-order chi connectivity index (χ1) is 11.9. The molecule has 0 aromatic heterocycles. The summed E-state index contributed by atoms with van der Waals surface area (Å²) in [5.74, 6) is 5.94. The molecule has 25 heavy (non-hydrogen) atoms. The van der Waals surface area contributed by atoms with Crippen LogP contribution in [0.3, 0.4) is 0 Å². The molecule has 0 bridgehead atoms. The molecule has 0 radical (unpaired) electrons. The van der Waals surface area contributed by atoms with Crippen molar-refractivity contribution in [2.75, 3.05) is 6.67 Å². The summed E-state index contributed by atoms with van der Waals surface area (Å²) in [6, 6.07) is 0. The summed E-state index contributed by atoms with van der Waals surface area (Å²) in [5, 5.41) is 21.2. The maximum absolute atomic E-state index is 13.4. The van der Waals surface area contributed by atoms with Gasteiger partial charge in [-0.3, -0.25) is 4.39 Å². The van der Waals surface area contributed by atoms with Crippen LogP contribution in [0.15, 0.2) is 0 Å². The van der Waals surface area contributed by atoms with Crippen molar-refractivity contribution in [1.82, 2.24) is 0 Å². The van der Waals surface area contributed by atoms with Crippen molar-refractivity contribution in [3.8, 4) is 12.3 Å². The molecular weight excluding hydrogens is 315 g/mol. The maximum atomic E-state index is 13.4. The number of hydrogen-bond donors (Lipinski definition) is 2. The molecule has 0 aromatic rings. The standard InChI is InChI=1S/C22H33FO2/c1-3-22(25)10-8-19-18-6-4-14-12-16(24)5-7-17(14)20(18)15(9-11-23)13-21(19,22)2/h1,14-20,24-25H,4-13H2,2H3/t14-,15-,16-,17?,18?,19?,20?,21-,22-/m0/s1. The Bertz CT molecular complexity index is 557. The van der Waals surface area contributed by atoms with E-state index in [9.17, 15) is 14.6 Å². The summed E-state index contributed by atoms with van der Waals surface area (Å²) < 4.78 is 13.4. The van der Waals surface area contributed by atoms with E-state index in [1.165, 1.54) is 12.8 Å². The molecule has 4 unspecified atom stereocenters. The highest BCUT2D eigenvalue weighted by Gasteiger charge is 2.64. The maximum Gasteiger partial charge on any atom is 0.130 e. The Hall–Kier alpha value is -0.590. The van der Waals surface area contributed by atoms with Crippen molar-refractivity contribution in [2.24, 2.45) is 40.9 Å². The number of aliphatic hydroxyl groups is 2. The Morgan fingerprint density at radius 2 is 1.92 bits per heavy atom. The fourth-order valence-corrected chi connectivity index (χ4v) is 7.82. The molecule has 4 aliphatic carbocycles. The van der Waals surface area contributed by atoms with E-state index < -0.39 is 5.60 Å². The molecule has 4 rings (SSSR count). The molecule has 0 aromatic carbocycles. The predicted octanol–water partition coefficient (Wildman–Crippen LogP) is 3.95. The summed E-state index contributed by atoms with van der Waals surface area (Å²) in [6.45, 7) is 1.91. The van der Waals surface area contributed by atoms with Crippen LogP contribution in [-0.4, -0.2) is 28.6 Å². The van der Waals surface area contributed by atoms with Crippen LogP contribution in [0.4, 0.5) is 4.39 Å². The van der Waals surface area contributed by atoms with Crippen molar-refractivity contribution >= 4 is 0 Å². The molecule has 4 aliphatic rings. The third kappa shape index (κ3) is 2.51. The lowest BCUT2D eigenvalue weighted by Gasteiger charge is -2.59. The van der Waals surface area contributed by atoms with Gasteiger partial charge in [-0.15, -0.1) is 6.42 Å². The van der Waals surface area contributed by atoms with E-state index in [-0.39, 0.29) is 18.2 Å². The Balaban J connectivity index is 1.68. The van der Waals surface area contributed by atoms with Gasteiger partial charge in [-0.05, 0) is 93.3 Å². The highest BCUT2D eigenvalue weighted by molar-refractivity contribution is 5.23. The minimum absolute atomic E-state index is 0.135. The average molecular weight is 349 g/mol. The second-order valence-corrected chi connectivity index (χ2v) is 9.72. The van der Waals surface area contributed by atoms with Crippen LogP contribution < -0.4 is 0 Å². The van der Waals surface area contributed by atoms with Crippen LogP contribution in [0.2, 0.25) is 0 Å². The molecule has 0 aliphatic heterocycles. The second kappa shape index (κ2) is 6.24. The zero-order valence-electron chi connectivity index (χ0n) is 15.5. The Kier molecular flexibility index (Phi) is 4.44. The number of halogens is 1. The molecule has 2 N–H and O–H groups in total. The van der Waals surface area contributed by atoms with Gasteiger partial charge in [-0.2, -0.15) is 0 Å². The van der Waals surface area contributed by atoms with Gasteiger partial charge in [0.05, 0.1) is 12.8 Å². The number of hydrogen-bond acceptors (Lipinski definition) is 2. The largest absolute Gasteiger partial charge is 0.393 e. The molecule has 0 amide bonds. The number of aliphatic hydroxyl groups excluding tert-OH is 1. The second-order valence-electron chi connectivity index (χ2n) is 9.72. The first-order valence-electron chi connectivity index (χ1n) is 10.4. The van der Waals surface area contributed by atoms with Gasteiger partial charge in [0.1, 0.15) is 5.60 Å². The summed E-state index contributed by atoms with van der Waals surface area (Å²) in [4.78, 5) is 0. The van der Waals surface area contributed by atoms with Crippen molar-refractivity contribution in [3.63, 3.8) is 0 Å². The van der Waals surface area contributed by atoms with Crippen LogP contribution in [0.5, 0.6) is 0 Å². The average Bonchev–Trinajstić information content (AvgIpc) is 2.86. The lowest BCUT2D eigenvalue weighted by Crippen LogP contribution is -2.56. The highest BCUT2D eigenvalue weighted by atomic mass is 19.1. The normalized spacial score (nSPS) is 54.9. The summed E-state index contributed by atoms with van der Waals surface area (Å²) in [6.07, 6.45) is 14.1. The molecule has 9 atom stereocenters. The molecule has 0 saturated heterocycles. The van der Waals surface area contributed by atoms with Crippen molar-refractivity contribution in [2.45, 2.75) is 76.4 Å². The van der Waals surface area contributed by atoms with Gasteiger partial charge in [-0.25, -0.2) is 0 Å². The number of alkyl halides is 1. The fraction of sp³-hybridized carbons (Fsp3) is 0.909. The van der Waals surface area contributed by atoms with Crippen LogP contribution in [0.25, 0.3) is 0 Å². The van der Waals surface area contributed by atoms with Gasteiger partial charge in [0, 0.05) is 5.41 Å². The van der Waals surface area contributed by atoms with E-state index in [0.717, 1.165) is 32.1 Å². The van der Waals surface area contributed by atoms with Crippen molar-refractivity contribution in [3.05, 3.63) is 0 Å². The number of rotatable bonds is 2. The minimum atomic E-state index is -1.02. The SMILES string of the molecule is C#C[C@]1(O)CCC2C3CC[C@H]4C[C@@H](O)CCC4C3[C@@H](CCF)C[C@@]21C. The van der Waals surface area contributed by atoms with E-state index in [4.69, 9.17) is 6.42 Å². The van der Waals surface area contributed by atoms with E-state index in [2.05, 4.69) is 12.8 Å². The predicted molar refractivity (Wildman–Crippen MR) is 96.4 cm³/mol. The minimum Gasteiger partial charge on any atom is -0.393 e. The molecule has 4 fully saturated rings. The van der Waals surface area contributed by atoms with Gasteiger partial charge in [0.15, 0.2) is 0 Å². The highest BCUT2D eigenvalue weighted by Crippen LogP contribution is 2.67. The van der Waals surface area contributed by atoms with E-state index >= 15 is 0 Å². The van der Waals surface area contributed by atoms with Crippen LogP contribution in [-0.2, 0) is 0 Å². The zero-order valence-corrected chi connectivity index (χ0v) is 15.5. The van der Waals surface area contributed by atoms with Crippen molar-refractivity contribution in [1.29, 1.82) is 0 Å². The Morgan fingerprint density at radius 3 is 2.64 bits per heavy atom. The first kappa shape index (κ1) is 17.8. The fourth-order valence-electron chi connectivity index (χ4n) is 7.82. The lowest BCUT2D eigenvalue weighted by molar-refractivity contribution is -0.139. The van der Waals surface area contributed by atoms with Gasteiger partial charge in [0.25, 0.3) is 0 Å². The zero-order chi connectivity index (χ0) is 17.8. The Labute approximate surface area is 151 Å². The lowest BCUT2D eigenvalue weighted by atomic mass is 9.46. The topological polar surface area (TPSA) is 40.5 Å². The van der Waals surface area contributed by atoms with Crippen molar-refractivity contribution < 1.29 is 14.6 Å². The van der Waals surface area contributed by atoms with Crippen LogP contribution in [0, 0.1) is 53.3 Å². The summed E-state index contributed by atoms with van der Waals surface area (Å²) in [5.41, 5.74) is -1.28. The van der Waals surface area contributed by atoms with Gasteiger partial charge >= 0.3 is 0 Å². The van der Waals surface area contributed by atoms with E-state index in [0.29, 0.717) is 48.3 Å². The van der Waals surface area contributed by atoms with E-state index in [1.54, 1.807) is 0 Å². The number of terminal acetylenes is 1. The smallest absolute Gasteiger partial charge is 0.130 e. The summed E-state index contributed by atoms with van der Waals surface area (Å²) >= 11 is 0. The van der Waals surface area contributed by atoms with Crippen LogP contribution >= 0.6 is 0 Å².